The normalized spacial score (nSPS) is 12.7. The van der Waals surface area contributed by atoms with Gasteiger partial charge in [-0.3, -0.25) is 0 Å². The Hall–Kier alpha value is -2.62. The summed E-state index contributed by atoms with van der Waals surface area (Å²) in [4.78, 5) is 11.9. The summed E-state index contributed by atoms with van der Waals surface area (Å²) in [5.74, 6) is -0.541. The van der Waals surface area contributed by atoms with E-state index in [2.05, 4.69) is 0 Å². The van der Waals surface area contributed by atoms with Crippen molar-refractivity contribution in [3.63, 3.8) is 0 Å². The number of carbonyl (C=O) groups is 1. The molecule has 21 heavy (non-hydrogen) atoms. The molecule has 0 aliphatic carbocycles. The lowest BCUT2D eigenvalue weighted by atomic mass is 10.1. The van der Waals surface area contributed by atoms with Crippen LogP contribution in [-0.2, 0) is 16.0 Å². The van der Waals surface area contributed by atoms with Gasteiger partial charge in [0.1, 0.15) is 0 Å². The maximum Gasteiger partial charge on any atom is 0.376 e. The van der Waals surface area contributed by atoms with Crippen LogP contribution in [0.5, 0.6) is 0 Å². The Bertz CT molecular complexity index is 608. The number of esters is 1. The summed E-state index contributed by atoms with van der Waals surface area (Å²) >= 11 is 0. The number of methoxy groups -OCH3 is 1. The van der Waals surface area contributed by atoms with Gasteiger partial charge in [-0.05, 0) is 17.7 Å². The summed E-state index contributed by atoms with van der Waals surface area (Å²) < 4.78 is 5.40. The van der Waals surface area contributed by atoms with E-state index in [-0.39, 0.29) is 0 Å². The molecule has 1 atom stereocenters. The van der Waals surface area contributed by atoms with Crippen LogP contribution in [0.15, 0.2) is 60.7 Å². The fourth-order valence-electron chi connectivity index (χ4n) is 2.03. The molecule has 0 radical (unpaired) electrons. The van der Waals surface area contributed by atoms with Gasteiger partial charge in [-0.15, -0.1) is 0 Å². The van der Waals surface area contributed by atoms with Crippen molar-refractivity contribution in [1.29, 1.82) is 0 Å². The summed E-state index contributed by atoms with van der Waals surface area (Å²) in [6.07, 6.45) is 1.71. The minimum Gasteiger partial charge on any atom is -0.623 e. The van der Waals surface area contributed by atoms with Crippen molar-refractivity contribution in [3.8, 4) is 0 Å². The van der Waals surface area contributed by atoms with Gasteiger partial charge in [0.15, 0.2) is 6.21 Å². The van der Waals surface area contributed by atoms with Crippen molar-refractivity contribution in [2.75, 3.05) is 7.11 Å². The third-order valence-corrected chi connectivity index (χ3v) is 3.13. The van der Waals surface area contributed by atoms with Crippen molar-refractivity contribution >= 4 is 12.2 Å². The smallest absolute Gasteiger partial charge is 0.376 e. The van der Waals surface area contributed by atoms with Crippen LogP contribution in [-0.4, -0.2) is 30.1 Å². The zero-order chi connectivity index (χ0) is 15.1. The zero-order valence-corrected chi connectivity index (χ0v) is 11.8. The molecule has 0 saturated heterocycles. The quantitative estimate of drug-likeness (QED) is 0.278. The Labute approximate surface area is 123 Å². The zero-order valence-electron chi connectivity index (χ0n) is 11.8. The van der Waals surface area contributed by atoms with Crippen LogP contribution < -0.4 is 0 Å². The van der Waals surface area contributed by atoms with Crippen molar-refractivity contribution in [1.82, 2.24) is 0 Å². The Morgan fingerprint density at radius 2 is 1.71 bits per heavy atom. The second-order valence-electron chi connectivity index (χ2n) is 4.63. The first-order valence-corrected chi connectivity index (χ1v) is 6.68. The van der Waals surface area contributed by atoms with Crippen LogP contribution >= 0.6 is 0 Å². The standard InChI is InChI=1S/C17H17NO3/c1-21-17(19)16(12-14-8-4-2-5-9-14)18(20)13-15-10-6-3-7-11-15/h2-11,13,16H,12H2,1H3/b18-13-/t16-/m1/s1. The Morgan fingerprint density at radius 3 is 2.29 bits per heavy atom. The van der Waals surface area contributed by atoms with Gasteiger partial charge in [-0.1, -0.05) is 48.5 Å². The molecule has 0 unspecified atom stereocenters. The molecular formula is C17H17NO3. The molecule has 4 nitrogen and oxygen atoms in total. The molecule has 0 aliphatic rings. The lowest BCUT2D eigenvalue weighted by Gasteiger charge is -2.15. The first-order valence-electron chi connectivity index (χ1n) is 6.68. The SMILES string of the molecule is COC(=O)[C@@H](Cc1ccccc1)/[N+]([O-])=C/c1ccccc1. The molecule has 0 saturated carbocycles. The summed E-state index contributed by atoms with van der Waals surface area (Å²) in [6.45, 7) is 0. The summed E-state index contributed by atoms with van der Waals surface area (Å²) in [5.41, 5.74) is 1.66. The largest absolute Gasteiger partial charge is 0.623 e. The van der Waals surface area contributed by atoms with Crippen LogP contribution in [0.3, 0.4) is 0 Å². The van der Waals surface area contributed by atoms with Gasteiger partial charge < -0.3 is 9.94 Å². The molecule has 4 heteroatoms. The third kappa shape index (κ3) is 4.18. The van der Waals surface area contributed by atoms with Crippen LogP contribution in [0.4, 0.5) is 0 Å². The molecule has 0 aromatic heterocycles. The van der Waals surface area contributed by atoms with E-state index in [1.165, 1.54) is 13.3 Å². The molecule has 2 aromatic carbocycles. The Morgan fingerprint density at radius 1 is 1.14 bits per heavy atom. The van der Waals surface area contributed by atoms with E-state index in [4.69, 9.17) is 4.74 Å². The van der Waals surface area contributed by atoms with Crippen LogP contribution in [0.1, 0.15) is 11.1 Å². The van der Waals surface area contributed by atoms with Gasteiger partial charge in [0.05, 0.1) is 7.11 Å². The van der Waals surface area contributed by atoms with E-state index in [9.17, 15) is 10.0 Å². The van der Waals surface area contributed by atoms with E-state index in [1.807, 2.05) is 60.7 Å². The lowest BCUT2D eigenvalue weighted by molar-refractivity contribution is -0.484. The van der Waals surface area contributed by atoms with E-state index in [0.29, 0.717) is 11.2 Å². The van der Waals surface area contributed by atoms with E-state index < -0.39 is 12.0 Å². The second-order valence-corrected chi connectivity index (χ2v) is 4.63. The number of nitrogens with zero attached hydrogens (tertiary/aromatic N) is 1. The van der Waals surface area contributed by atoms with Crippen molar-refractivity contribution in [2.24, 2.45) is 0 Å². The topological polar surface area (TPSA) is 52.4 Å². The molecule has 0 heterocycles. The molecule has 0 spiro atoms. The Kier molecular flexibility index (Phi) is 5.10. The van der Waals surface area contributed by atoms with Crippen LogP contribution in [0, 0.1) is 5.21 Å². The predicted octanol–water partition coefficient (Wildman–Crippen LogP) is 2.40. The monoisotopic (exact) mass is 283 g/mol. The van der Waals surface area contributed by atoms with E-state index in [0.717, 1.165) is 11.1 Å². The molecule has 0 N–H and O–H groups in total. The minimum absolute atomic E-state index is 0.306. The molecule has 0 amide bonds. The molecule has 2 rings (SSSR count). The maximum atomic E-state index is 12.3. The summed E-state index contributed by atoms with van der Waals surface area (Å²) in [6, 6.07) is 17.7. The van der Waals surface area contributed by atoms with Gasteiger partial charge >= 0.3 is 5.97 Å². The highest BCUT2D eigenvalue weighted by atomic mass is 16.5. The second kappa shape index (κ2) is 7.24. The molecular weight excluding hydrogens is 266 g/mol. The maximum absolute atomic E-state index is 12.3. The predicted molar refractivity (Wildman–Crippen MR) is 81.2 cm³/mol. The highest BCUT2D eigenvalue weighted by Crippen LogP contribution is 2.07. The molecule has 2 aromatic rings. The summed E-state index contributed by atoms with van der Waals surface area (Å²) in [5, 5.41) is 12.3. The number of rotatable bonds is 5. The first-order chi connectivity index (χ1) is 10.2. The van der Waals surface area contributed by atoms with Crippen LogP contribution in [0.2, 0.25) is 0 Å². The average Bonchev–Trinajstić information content (AvgIpc) is 2.53. The number of hydrogen-bond acceptors (Lipinski definition) is 3. The minimum atomic E-state index is -0.891. The van der Waals surface area contributed by atoms with Crippen molar-refractivity contribution in [3.05, 3.63) is 77.0 Å². The first kappa shape index (κ1) is 14.8. The van der Waals surface area contributed by atoms with Gasteiger partial charge in [0.25, 0.3) is 6.04 Å². The molecule has 0 bridgehead atoms. The van der Waals surface area contributed by atoms with Gasteiger partial charge in [0.2, 0.25) is 0 Å². The van der Waals surface area contributed by atoms with Gasteiger partial charge in [0, 0.05) is 12.0 Å². The van der Waals surface area contributed by atoms with Crippen molar-refractivity contribution in [2.45, 2.75) is 12.5 Å². The molecule has 0 fully saturated rings. The number of carbonyl (C=O) groups excluding carboxylic acids is 1. The van der Waals surface area contributed by atoms with E-state index in [1.54, 1.807) is 0 Å². The highest BCUT2D eigenvalue weighted by molar-refractivity contribution is 5.79. The summed E-state index contributed by atoms with van der Waals surface area (Å²) in [7, 11) is 1.29. The molecule has 108 valence electrons. The fraction of sp³-hybridized carbons (Fsp3) is 0.176. The number of hydrogen-bond donors (Lipinski definition) is 0. The van der Waals surface area contributed by atoms with E-state index >= 15 is 0 Å². The number of benzene rings is 2. The highest BCUT2D eigenvalue weighted by Gasteiger charge is 2.27. The van der Waals surface area contributed by atoms with Crippen molar-refractivity contribution < 1.29 is 14.3 Å². The van der Waals surface area contributed by atoms with Gasteiger partial charge in [-0.2, -0.15) is 4.74 Å². The van der Waals surface area contributed by atoms with Crippen LogP contribution in [0.25, 0.3) is 0 Å². The lowest BCUT2D eigenvalue weighted by Crippen LogP contribution is -2.34. The number of hydroxylamine groups is 1. The molecule has 0 aliphatic heterocycles. The third-order valence-electron chi connectivity index (χ3n) is 3.13. The fourth-order valence-corrected chi connectivity index (χ4v) is 2.03. The Balaban J connectivity index is 2.23. The van der Waals surface area contributed by atoms with Gasteiger partial charge in [-0.25, -0.2) is 4.79 Å². The number of ether oxygens (including phenoxy) is 1. The average molecular weight is 283 g/mol.